The van der Waals surface area contributed by atoms with E-state index in [9.17, 15) is 4.79 Å². The van der Waals surface area contributed by atoms with Gasteiger partial charge in [0, 0.05) is 51.9 Å². The molecule has 2 aliphatic rings. The Balaban J connectivity index is 1.56. The third-order valence-corrected chi connectivity index (χ3v) is 5.09. The number of rotatable bonds is 3. The van der Waals surface area contributed by atoms with Crippen LogP contribution in [-0.2, 0) is 18.3 Å². The largest absolute Gasteiger partial charge is 0.378 e. The van der Waals surface area contributed by atoms with Crippen molar-refractivity contribution in [2.45, 2.75) is 6.54 Å². The number of carbonyl (C=O) groups is 1. The molecule has 0 saturated carbocycles. The number of hydrogen-bond donors (Lipinski definition) is 1. The van der Waals surface area contributed by atoms with Crippen molar-refractivity contribution >= 4 is 16.9 Å². The van der Waals surface area contributed by atoms with E-state index in [1.807, 2.05) is 23.1 Å². The number of aromatic nitrogens is 2. The first kappa shape index (κ1) is 16.5. The zero-order chi connectivity index (χ0) is 17.2. The number of carbonyl (C=O) groups excluding carboxylic acids is 1. The number of morpholine rings is 1. The van der Waals surface area contributed by atoms with Crippen LogP contribution < -0.4 is 5.32 Å². The monoisotopic (exact) mass is 343 g/mol. The van der Waals surface area contributed by atoms with Crippen molar-refractivity contribution in [3.8, 4) is 0 Å². The molecule has 25 heavy (non-hydrogen) atoms. The SMILES string of the molecule is Cn1c(CN2CCNCC2)nc2cc(C(=O)N3CCOCC3)ccc21. The zero-order valence-corrected chi connectivity index (χ0v) is 14.7. The molecule has 1 amide bonds. The fourth-order valence-corrected chi connectivity index (χ4v) is 3.54. The van der Waals surface area contributed by atoms with Gasteiger partial charge in [0.05, 0.1) is 30.8 Å². The molecule has 2 aromatic rings. The maximum atomic E-state index is 12.7. The third kappa shape index (κ3) is 3.40. The van der Waals surface area contributed by atoms with E-state index in [0.29, 0.717) is 31.9 Å². The summed E-state index contributed by atoms with van der Waals surface area (Å²) >= 11 is 0. The van der Waals surface area contributed by atoms with Gasteiger partial charge in [-0.25, -0.2) is 4.98 Å². The molecule has 7 heteroatoms. The number of aryl methyl sites for hydroxylation is 1. The number of imidazole rings is 1. The predicted molar refractivity (Wildman–Crippen MR) is 95.6 cm³/mol. The van der Waals surface area contributed by atoms with Crippen LogP contribution in [0, 0.1) is 0 Å². The van der Waals surface area contributed by atoms with Crippen LogP contribution >= 0.6 is 0 Å². The smallest absolute Gasteiger partial charge is 0.254 e. The summed E-state index contributed by atoms with van der Waals surface area (Å²) in [5.41, 5.74) is 2.68. The van der Waals surface area contributed by atoms with Crippen LogP contribution in [0.3, 0.4) is 0 Å². The van der Waals surface area contributed by atoms with Crippen molar-refractivity contribution in [3.05, 3.63) is 29.6 Å². The lowest BCUT2D eigenvalue weighted by Gasteiger charge is -2.26. The molecule has 0 atom stereocenters. The zero-order valence-electron chi connectivity index (χ0n) is 14.7. The second-order valence-electron chi connectivity index (χ2n) is 6.72. The summed E-state index contributed by atoms with van der Waals surface area (Å²) in [5, 5.41) is 3.37. The Labute approximate surface area is 147 Å². The second kappa shape index (κ2) is 7.11. The standard InChI is InChI=1S/C18H25N5O2/c1-21-16-3-2-14(18(24)23-8-10-25-11-9-23)12-15(16)20-17(21)13-22-6-4-19-5-7-22/h2-3,12,19H,4-11,13H2,1H3. The molecule has 3 heterocycles. The summed E-state index contributed by atoms with van der Waals surface area (Å²) in [5.74, 6) is 1.12. The molecule has 2 aliphatic heterocycles. The third-order valence-electron chi connectivity index (χ3n) is 5.09. The number of hydrogen-bond acceptors (Lipinski definition) is 5. The Kier molecular flexibility index (Phi) is 4.70. The minimum Gasteiger partial charge on any atom is -0.378 e. The molecule has 2 saturated heterocycles. The molecule has 0 radical (unpaired) electrons. The van der Waals surface area contributed by atoms with E-state index in [1.165, 1.54) is 0 Å². The Hall–Kier alpha value is -1.96. The number of piperazine rings is 1. The van der Waals surface area contributed by atoms with E-state index in [1.54, 1.807) is 0 Å². The molecule has 4 rings (SSSR count). The van der Waals surface area contributed by atoms with E-state index >= 15 is 0 Å². The summed E-state index contributed by atoms with van der Waals surface area (Å²) in [7, 11) is 2.05. The molecule has 2 fully saturated rings. The maximum Gasteiger partial charge on any atom is 0.254 e. The van der Waals surface area contributed by atoms with E-state index in [4.69, 9.17) is 9.72 Å². The van der Waals surface area contributed by atoms with Gasteiger partial charge in [-0.3, -0.25) is 9.69 Å². The number of amides is 1. The highest BCUT2D eigenvalue weighted by atomic mass is 16.5. The molecule has 0 unspecified atom stereocenters. The summed E-state index contributed by atoms with van der Waals surface area (Å²) < 4.78 is 7.47. The van der Waals surface area contributed by atoms with Gasteiger partial charge in [-0.15, -0.1) is 0 Å². The van der Waals surface area contributed by atoms with E-state index in [-0.39, 0.29) is 5.91 Å². The van der Waals surface area contributed by atoms with Crippen molar-refractivity contribution in [2.24, 2.45) is 7.05 Å². The Morgan fingerprint density at radius 1 is 1.20 bits per heavy atom. The van der Waals surface area contributed by atoms with Crippen molar-refractivity contribution < 1.29 is 9.53 Å². The van der Waals surface area contributed by atoms with E-state index < -0.39 is 0 Å². The maximum absolute atomic E-state index is 12.7. The quantitative estimate of drug-likeness (QED) is 0.877. The highest BCUT2D eigenvalue weighted by Gasteiger charge is 2.20. The minimum absolute atomic E-state index is 0.0690. The fraction of sp³-hybridized carbons (Fsp3) is 0.556. The first-order valence-corrected chi connectivity index (χ1v) is 8.98. The number of nitrogens with one attached hydrogen (secondary N) is 1. The Morgan fingerprint density at radius 2 is 1.96 bits per heavy atom. The summed E-state index contributed by atoms with van der Waals surface area (Å²) in [6, 6.07) is 5.85. The highest BCUT2D eigenvalue weighted by molar-refractivity contribution is 5.97. The summed E-state index contributed by atoms with van der Waals surface area (Å²) in [6.07, 6.45) is 0. The van der Waals surface area contributed by atoms with Gasteiger partial charge in [-0.1, -0.05) is 0 Å². The minimum atomic E-state index is 0.0690. The van der Waals surface area contributed by atoms with Crippen molar-refractivity contribution in [1.82, 2.24) is 24.7 Å². The van der Waals surface area contributed by atoms with Crippen LogP contribution in [0.1, 0.15) is 16.2 Å². The summed E-state index contributed by atoms with van der Waals surface area (Å²) in [6.45, 7) is 7.55. The van der Waals surface area contributed by atoms with Crippen LogP contribution in [0.2, 0.25) is 0 Å². The average Bonchev–Trinajstić information content (AvgIpc) is 2.97. The Morgan fingerprint density at radius 3 is 2.72 bits per heavy atom. The number of benzene rings is 1. The first-order valence-electron chi connectivity index (χ1n) is 8.98. The Bertz CT molecular complexity index is 760. The molecule has 1 aromatic heterocycles. The van der Waals surface area contributed by atoms with Gasteiger partial charge in [0.25, 0.3) is 5.91 Å². The van der Waals surface area contributed by atoms with Gasteiger partial charge in [0.2, 0.25) is 0 Å². The average molecular weight is 343 g/mol. The topological polar surface area (TPSA) is 62.6 Å². The van der Waals surface area contributed by atoms with Gasteiger partial charge >= 0.3 is 0 Å². The van der Waals surface area contributed by atoms with Crippen molar-refractivity contribution in [1.29, 1.82) is 0 Å². The molecular formula is C18H25N5O2. The summed E-state index contributed by atoms with van der Waals surface area (Å²) in [4.78, 5) is 21.7. The fourth-order valence-electron chi connectivity index (χ4n) is 3.54. The van der Waals surface area contributed by atoms with Crippen LogP contribution in [0.5, 0.6) is 0 Å². The number of fused-ring (bicyclic) bond motifs is 1. The van der Waals surface area contributed by atoms with Gasteiger partial charge in [0.15, 0.2) is 0 Å². The van der Waals surface area contributed by atoms with Gasteiger partial charge < -0.3 is 19.5 Å². The normalized spacial score (nSPS) is 19.5. The lowest BCUT2D eigenvalue weighted by molar-refractivity contribution is 0.0303. The van der Waals surface area contributed by atoms with Crippen LogP contribution in [-0.4, -0.2) is 77.7 Å². The molecule has 0 spiro atoms. The molecule has 1 aromatic carbocycles. The molecule has 1 N–H and O–H groups in total. The predicted octanol–water partition coefficient (Wildman–Crippen LogP) is 0.451. The van der Waals surface area contributed by atoms with E-state index in [0.717, 1.165) is 49.6 Å². The van der Waals surface area contributed by atoms with Gasteiger partial charge in [-0.2, -0.15) is 0 Å². The number of ether oxygens (including phenoxy) is 1. The van der Waals surface area contributed by atoms with Crippen LogP contribution in [0.25, 0.3) is 11.0 Å². The van der Waals surface area contributed by atoms with Crippen molar-refractivity contribution in [2.75, 3.05) is 52.5 Å². The van der Waals surface area contributed by atoms with Crippen molar-refractivity contribution in [3.63, 3.8) is 0 Å². The molecule has 0 bridgehead atoms. The lowest BCUT2D eigenvalue weighted by atomic mass is 10.1. The molecular weight excluding hydrogens is 318 g/mol. The lowest BCUT2D eigenvalue weighted by Crippen LogP contribution is -2.43. The van der Waals surface area contributed by atoms with Gasteiger partial charge in [-0.05, 0) is 18.2 Å². The highest BCUT2D eigenvalue weighted by Crippen LogP contribution is 2.19. The first-order chi connectivity index (χ1) is 12.2. The molecule has 7 nitrogen and oxygen atoms in total. The van der Waals surface area contributed by atoms with Crippen LogP contribution in [0.15, 0.2) is 18.2 Å². The number of nitrogens with zero attached hydrogens (tertiary/aromatic N) is 4. The molecule has 134 valence electrons. The van der Waals surface area contributed by atoms with Gasteiger partial charge in [0.1, 0.15) is 5.82 Å². The molecule has 0 aliphatic carbocycles. The van der Waals surface area contributed by atoms with E-state index in [2.05, 4.69) is 21.8 Å². The second-order valence-corrected chi connectivity index (χ2v) is 6.72. The van der Waals surface area contributed by atoms with Crippen LogP contribution in [0.4, 0.5) is 0 Å².